The minimum atomic E-state index is -2.92. The summed E-state index contributed by atoms with van der Waals surface area (Å²) in [5.74, 6) is -3.08. The van der Waals surface area contributed by atoms with Gasteiger partial charge in [-0.1, -0.05) is 0 Å². The van der Waals surface area contributed by atoms with E-state index in [1.165, 1.54) is 18.3 Å². The minimum Gasteiger partial charge on any atom is -0.481 e. The Bertz CT molecular complexity index is 1490. The third-order valence-electron chi connectivity index (χ3n) is 7.81. The lowest BCUT2D eigenvalue weighted by Crippen LogP contribution is -2.45. The number of nitrogens with one attached hydrogen (secondary N) is 1. The topological polar surface area (TPSA) is 110 Å². The van der Waals surface area contributed by atoms with Crippen LogP contribution in [0.15, 0.2) is 30.7 Å². The first-order valence-corrected chi connectivity index (χ1v) is 12.1. The normalized spacial score (nSPS) is 23.3. The number of carboxylic acids is 1. The van der Waals surface area contributed by atoms with Crippen molar-refractivity contribution in [2.24, 2.45) is 23.7 Å². The molecular formula is C25H22F4N6O2. The number of halogens is 4. The molecule has 0 amide bonds. The summed E-state index contributed by atoms with van der Waals surface area (Å²) in [4.78, 5) is 27.8. The molecule has 0 saturated heterocycles. The van der Waals surface area contributed by atoms with Crippen molar-refractivity contribution < 1.29 is 27.5 Å². The van der Waals surface area contributed by atoms with Gasteiger partial charge in [-0.15, -0.1) is 0 Å². The van der Waals surface area contributed by atoms with Crippen molar-refractivity contribution in [1.82, 2.24) is 29.7 Å². The van der Waals surface area contributed by atoms with E-state index in [9.17, 15) is 23.1 Å². The highest BCUT2D eigenvalue weighted by atomic mass is 19.3. The molecule has 0 spiro atoms. The quantitative estimate of drug-likeness (QED) is 0.341. The summed E-state index contributed by atoms with van der Waals surface area (Å²) in [7, 11) is 0. The maximum absolute atomic E-state index is 15.9. The van der Waals surface area contributed by atoms with Crippen LogP contribution in [0.25, 0.3) is 33.8 Å². The van der Waals surface area contributed by atoms with Gasteiger partial charge in [-0.3, -0.25) is 4.79 Å². The highest BCUT2D eigenvalue weighted by Crippen LogP contribution is 2.50. The summed E-state index contributed by atoms with van der Waals surface area (Å²) in [5, 5.41) is 14.1. The number of fused-ring (bicyclic) bond motifs is 4. The molecule has 3 aliphatic carbocycles. The largest absolute Gasteiger partial charge is 0.481 e. The Labute approximate surface area is 207 Å². The lowest BCUT2D eigenvalue weighted by Gasteiger charge is -2.46. The van der Waals surface area contributed by atoms with E-state index in [4.69, 9.17) is 0 Å². The standard InChI is InChI=1S/C25H22F4N6O2/c26-13-7-15-16(10-31-22(15)30-9-13)23-32-18(8-14-11-1-3-12(4-2-11)19(14)24(36)37)20(27)21(33-23)17-5-6-35(34-17)25(28)29/h5-7,9-12,14,19,25H,1-4,8H2,(H,30,31)(H,36,37)/t11?,12?,14-,19-/m0/s1. The lowest BCUT2D eigenvalue weighted by molar-refractivity contribution is -0.152. The molecule has 2 N–H and O–H groups in total. The number of carbonyl (C=O) groups is 1. The zero-order valence-corrected chi connectivity index (χ0v) is 19.4. The van der Waals surface area contributed by atoms with Gasteiger partial charge in [-0.05, 0) is 62.0 Å². The van der Waals surface area contributed by atoms with Gasteiger partial charge in [-0.2, -0.15) is 13.9 Å². The summed E-state index contributed by atoms with van der Waals surface area (Å²) >= 11 is 0. The summed E-state index contributed by atoms with van der Waals surface area (Å²) < 4.78 is 56.6. The number of aliphatic carboxylic acids is 1. The van der Waals surface area contributed by atoms with E-state index in [0.717, 1.165) is 38.1 Å². The predicted molar refractivity (Wildman–Crippen MR) is 123 cm³/mol. The molecule has 8 nitrogen and oxygen atoms in total. The Hall–Kier alpha value is -3.83. The lowest BCUT2D eigenvalue weighted by atomic mass is 9.57. The fourth-order valence-electron chi connectivity index (χ4n) is 6.13. The van der Waals surface area contributed by atoms with Crippen LogP contribution in [-0.4, -0.2) is 40.8 Å². The van der Waals surface area contributed by atoms with Crippen molar-refractivity contribution >= 4 is 17.0 Å². The molecule has 12 heteroatoms. The molecule has 4 aromatic rings. The van der Waals surface area contributed by atoms with Crippen LogP contribution < -0.4 is 0 Å². The van der Waals surface area contributed by atoms with Crippen molar-refractivity contribution in [3.63, 3.8) is 0 Å². The Balaban J connectivity index is 1.49. The number of hydrogen-bond acceptors (Lipinski definition) is 5. The Morgan fingerprint density at radius 1 is 1.16 bits per heavy atom. The molecule has 7 rings (SSSR count). The monoisotopic (exact) mass is 514 g/mol. The van der Waals surface area contributed by atoms with Crippen LogP contribution in [0.2, 0.25) is 0 Å². The van der Waals surface area contributed by atoms with Crippen molar-refractivity contribution in [1.29, 1.82) is 0 Å². The SMILES string of the molecule is O=C(O)[C@H]1C2CCC(CC2)[C@@H]1Cc1nc(-c2c[nH]c3ncc(F)cc23)nc(-c2ccn(C(F)F)n2)c1F. The molecule has 0 radical (unpaired) electrons. The van der Waals surface area contributed by atoms with Crippen molar-refractivity contribution in [3.8, 4) is 22.8 Å². The van der Waals surface area contributed by atoms with Gasteiger partial charge < -0.3 is 10.1 Å². The number of rotatable bonds is 6. The highest BCUT2D eigenvalue weighted by molar-refractivity contribution is 5.91. The summed E-state index contributed by atoms with van der Waals surface area (Å²) in [5.41, 5.74) is 0.287. The average Bonchev–Trinajstić information content (AvgIpc) is 3.53. The molecule has 0 aromatic carbocycles. The van der Waals surface area contributed by atoms with E-state index >= 15 is 4.39 Å². The second kappa shape index (κ2) is 8.93. The first kappa shape index (κ1) is 23.6. The summed E-state index contributed by atoms with van der Waals surface area (Å²) in [6.07, 6.45) is 7.04. The Morgan fingerprint density at radius 2 is 1.92 bits per heavy atom. The molecule has 4 heterocycles. The van der Waals surface area contributed by atoms with E-state index in [1.807, 2.05) is 0 Å². The second-order valence-electron chi connectivity index (χ2n) is 9.77. The van der Waals surface area contributed by atoms with Crippen LogP contribution in [0.4, 0.5) is 17.6 Å². The van der Waals surface area contributed by atoms with Gasteiger partial charge in [0.05, 0.1) is 17.8 Å². The Kier molecular flexibility index (Phi) is 5.68. The van der Waals surface area contributed by atoms with Gasteiger partial charge >= 0.3 is 12.5 Å². The predicted octanol–water partition coefficient (Wildman–Crippen LogP) is 5.24. The number of pyridine rings is 1. The number of nitrogens with zero attached hydrogens (tertiary/aromatic N) is 5. The molecular weight excluding hydrogens is 492 g/mol. The van der Waals surface area contributed by atoms with Crippen LogP contribution >= 0.6 is 0 Å². The van der Waals surface area contributed by atoms with E-state index in [0.29, 0.717) is 21.3 Å². The fraction of sp³-hybridized carbons (Fsp3) is 0.400. The van der Waals surface area contributed by atoms with Gasteiger partial charge in [0.1, 0.15) is 22.9 Å². The van der Waals surface area contributed by atoms with Crippen LogP contribution in [0, 0.1) is 35.3 Å². The van der Waals surface area contributed by atoms with Crippen LogP contribution in [0.3, 0.4) is 0 Å². The van der Waals surface area contributed by atoms with Gasteiger partial charge in [0.25, 0.3) is 0 Å². The molecule has 37 heavy (non-hydrogen) atoms. The molecule has 0 aliphatic heterocycles. The van der Waals surface area contributed by atoms with E-state index < -0.39 is 30.1 Å². The van der Waals surface area contributed by atoms with Crippen LogP contribution in [-0.2, 0) is 11.2 Å². The van der Waals surface area contributed by atoms with Crippen molar-refractivity contribution in [2.75, 3.05) is 0 Å². The van der Waals surface area contributed by atoms with Gasteiger partial charge in [0.15, 0.2) is 11.6 Å². The molecule has 2 atom stereocenters. The van der Waals surface area contributed by atoms with Gasteiger partial charge in [-0.25, -0.2) is 28.4 Å². The van der Waals surface area contributed by atoms with Gasteiger partial charge in [0.2, 0.25) is 0 Å². The van der Waals surface area contributed by atoms with Gasteiger partial charge in [0, 0.05) is 23.3 Å². The smallest absolute Gasteiger partial charge is 0.333 e. The summed E-state index contributed by atoms with van der Waals surface area (Å²) in [6.45, 7) is -2.92. The number of aromatic nitrogens is 6. The fourth-order valence-corrected chi connectivity index (χ4v) is 6.13. The maximum Gasteiger partial charge on any atom is 0.333 e. The number of alkyl halides is 2. The van der Waals surface area contributed by atoms with Crippen molar-refractivity contribution in [3.05, 3.63) is 48.1 Å². The van der Waals surface area contributed by atoms with E-state index in [1.54, 1.807) is 0 Å². The number of aromatic amines is 1. The van der Waals surface area contributed by atoms with E-state index in [2.05, 4.69) is 25.0 Å². The first-order chi connectivity index (χ1) is 17.8. The summed E-state index contributed by atoms with van der Waals surface area (Å²) in [6, 6.07) is 2.47. The van der Waals surface area contributed by atoms with Crippen LogP contribution in [0.1, 0.15) is 37.9 Å². The number of carboxylic acid groups (broad SMARTS) is 1. The van der Waals surface area contributed by atoms with Crippen molar-refractivity contribution in [2.45, 2.75) is 38.7 Å². The number of hydrogen-bond donors (Lipinski definition) is 2. The molecule has 3 aliphatic rings. The Morgan fingerprint density at radius 3 is 2.62 bits per heavy atom. The van der Waals surface area contributed by atoms with Crippen LogP contribution in [0.5, 0.6) is 0 Å². The third-order valence-corrected chi connectivity index (χ3v) is 7.81. The minimum absolute atomic E-state index is 0.0193. The molecule has 2 bridgehead atoms. The van der Waals surface area contributed by atoms with E-state index in [-0.39, 0.29) is 47.1 Å². The molecule has 0 unspecified atom stereocenters. The molecule has 3 fully saturated rings. The maximum atomic E-state index is 15.9. The first-order valence-electron chi connectivity index (χ1n) is 12.1. The third kappa shape index (κ3) is 4.04. The highest BCUT2D eigenvalue weighted by Gasteiger charge is 2.47. The number of H-pyrrole nitrogens is 1. The molecule has 3 saturated carbocycles. The zero-order chi connectivity index (χ0) is 25.8. The molecule has 192 valence electrons. The molecule has 4 aromatic heterocycles. The average molecular weight is 514 g/mol. The zero-order valence-electron chi connectivity index (χ0n) is 19.4. The second-order valence-corrected chi connectivity index (χ2v) is 9.77.